The maximum Gasteiger partial charge on any atom is 0.336 e. The number of carboxylic acid groups (broad SMARTS) is 1. The third kappa shape index (κ3) is 4.36. The monoisotopic (exact) mass is 397 g/mol. The van der Waals surface area contributed by atoms with Crippen molar-refractivity contribution in [2.75, 3.05) is 0 Å². The van der Waals surface area contributed by atoms with E-state index in [1.54, 1.807) is 31.2 Å². The zero-order valence-corrected chi connectivity index (χ0v) is 16.4. The molecule has 3 rings (SSSR count). The lowest BCUT2D eigenvalue weighted by Gasteiger charge is -2.35. The maximum absolute atomic E-state index is 13.8. The number of carboxylic acids is 1. The van der Waals surface area contributed by atoms with Crippen molar-refractivity contribution in [2.45, 2.75) is 45.1 Å². The lowest BCUT2D eigenvalue weighted by atomic mass is 9.76. The predicted octanol–water partition coefficient (Wildman–Crippen LogP) is 4.16. The molecular weight excluding hydrogens is 373 g/mol. The van der Waals surface area contributed by atoms with Crippen molar-refractivity contribution in [3.05, 3.63) is 70.5 Å². The van der Waals surface area contributed by atoms with E-state index in [1.807, 2.05) is 0 Å². The molecule has 1 fully saturated rings. The summed E-state index contributed by atoms with van der Waals surface area (Å²) in [6, 6.07) is 10.4. The number of rotatable bonds is 7. The van der Waals surface area contributed by atoms with Crippen LogP contribution < -0.4 is 5.32 Å². The van der Waals surface area contributed by atoms with E-state index < -0.39 is 35.4 Å². The van der Waals surface area contributed by atoms with E-state index in [0.717, 1.165) is 19.3 Å². The lowest BCUT2D eigenvalue weighted by Crippen LogP contribution is -2.40. The van der Waals surface area contributed by atoms with Crippen molar-refractivity contribution in [1.82, 2.24) is 5.32 Å². The van der Waals surface area contributed by atoms with Gasteiger partial charge in [0.2, 0.25) is 5.91 Å². The van der Waals surface area contributed by atoms with Crippen molar-refractivity contribution in [1.29, 1.82) is 0 Å². The number of carbonyl (C=O) groups is 3. The molecule has 0 aliphatic heterocycles. The quantitative estimate of drug-likeness (QED) is 0.687. The van der Waals surface area contributed by atoms with Crippen LogP contribution in [-0.2, 0) is 9.59 Å². The van der Waals surface area contributed by atoms with Gasteiger partial charge >= 0.3 is 5.97 Å². The molecule has 6 heteroatoms. The minimum absolute atomic E-state index is 0.0335. The van der Waals surface area contributed by atoms with Gasteiger partial charge in [-0.2, -0.15) is 0 Å². The van der Waals surface area contributed by atoms with Crippen molar-refractivity contribution in [2.24, 2.45) is 5.92 Å². The molecule has 152 valence electrons. The van der Waals surface area contributed by atoms with Gasteiger partial charge in [0.05, 0.1) is 11.6 Å². The van der Waals surface area contributed by atoms with E-state index in [2.05, 4.69) is 5.32 Å². The molecule has 2 aromatic carbocycles. The van der Waals surface area contributed by atoms with Crippen LogP contribution in [0.25, 0.3) is 0 Å². The predicted molar refractivity (Wildman–Crippen MR) is 106 cm³/mol. The van der Waals surface area contributed by atoms with E-state index in [4.69, 9.17) is 0 Å². The third-order valence-corrected chi connectivity index (χ3v) is 5.63. The zero-order chi connectivity index (χ0) is 21.1. The van der Waals surface area contributed by atoms with Crippen LogP contribution in [0.15, 0.2) is 42.5 Å². The standard InChI is InChI=1S/C23H24FNO4/c1-13-6-3-11-18(19(13)23(28)29)20(14(2)26)22(27)25-21(15-7-4-8-15)16-9-5-10-17(24)12-16/h3,5-6,9-12,15,20-21H,4,7-8H2,1-2H3,(H,25,27)(H,28,29)/t20?,21-/m0/s1. The number of carbonyl (C=O) groups excluding carboxylic acids is 2. The van der Waals surface area contributed by atoms with Gasteiger partial charge in [-0.15, -0.1) is 0 Å². The molecule has 1 saturated carbocycles. The highest BCUT2D eigenvalue weighted by Crippen LogP contribution is 2.38. The van der Waals surface area contributed by atoms with Gasteiger partial charge in [0.1, 0.15) is 17.5 Å². The van der Waals surface area contributed by atoms with Crippen molar-refractivity contribution in [3.63, 3.8) is 0 Å². The highest BCUT2D eigenvalue weighted by molar-refractivity contribution is 6.08. The molecule has 1 aliphatic rings. The molecular formula is C23H24FNO4. The summed E-state index contributed by atoms with van der Waals surface area (Å²) in [6.45, 7) is 2.91. The van der Waals surface area contributed by atoms with Gasteiger partial charge in [-0.25, -0.2) is 9.18 Å². The molecule has 2 atom stereocenters. The van der Waals surface area contributed by atoms with Gasteiger partial charge in [0.15, 0.2) is 0 Å². The molecule has 0 heterocycles. The van der Waals surface area contributed by atoms with Crippen molar-refractivity contribution in [3.8, 4) is 0 Å². The summed E-state index contributed by atoms with van der Waals surface area (Å²) in [5.41, 5.74) is 1.27. The largest absolute Gasteiger partial charge is 0.478 e. The Morgan fingerprint density at radius 2 is 1.83 bits per heavy atom. The van der Waals surface area contributed by atoms with E-state index in [9.17, 15) is 23.9 Å². The average Bonchev–Trinajstić information content (AvgIpc) is 2.59. The van der Waals surface area contributed by atoms with Crippen LogP contribution in [0.2, 0.25) is 0 Å². The summed E-state index contributed by atoms with van der Waals surface area (Å²) in [5, 5.41) is 12.5. The molecule has 2 N–H and O–H groups in total. The molecule has 1 amide bonds. The Hall–Kier alpha value is -3.02. The number of halogens is 1. The molecule has 0 saturated heterocycles. The highest BCUT2D eigenvalue weighted by Gasteiger charge is 2.35. The molecule has 1 aliphatic carbocycles. The number of nitrogens with one attached hydrogen (secondary N) is 1. The van der Waals surface area contributed by atoms with E-state index >= 15 is 0 Å². The van der Waals surface area contributed by atoms with Crippen LogP contribution in [0.3, 0.4) is 0 Å². The molecule has 0 spiro atoms. The Balaban J connectivity index is 1.96. The first-order valence-corrected chi connectivity index (χ1v) is 9.68. The second kappa shape index (κ2) is 8.55. The number of hydrogen-bond acceptors (Lipinski definition) is 3. The third-order valence-electron chi connectivity index (χ3n) is 5.63. The van der Waals surface area contributed by atoms with Gasteiger partial charge < -0.3 is 10.4 Å². The highest BCUT2D eigenvalue weighted by atomic mass is 19.1. The fraction of sp³-hybridized carbons (Fsp3) is 0.348. The summed E-state index contributed by atoms with van der Waals surface area (Å²) in [5.74, 6) is -3.66. The first-order chi connectivity index (χ1) is 13.8. The van der Waals surface area contributed by atoms with Gasteiger partial charge in [0, 0.05) is 0 Å². The Morgan fingerprint density at radius 3 is 2.38 bits per heavy atom. The molecule has 1 unspecified atom stereocenters. The number of aromatic carboxylic acids is 1. The minimum Gasteiger partial charge on any atom is -0.478 e. The minimum atomic E-state index is -1.24. The van der Waals surface area contributed by atoms with Crippen LogP contribution in [0.5, 0.6) is 0 Å². The van der Waals surface area contributed by atoms with Crippen LogP contribution >= 0.6 is 0 Å². The molecule has 5 nitrogen and oxygen atoms in total. The van der Waals surface area contributed by atoms with Crippen LogP contribution in [-0.4, -0.2) is 22.8 Å². The Bertz CT molecular complexity index is 952. The second-order valence-electron chi connectivity index (χ2n) is 7.62. The number of amides is 1. The molecule has 29 heavy (non-hydrogen) atoms. The molecule has 2 aromatic rings. The number of benzene rings is 2. The number of hydrogen-bond donors (Lipinski definition) is 2. The lowest BCUT2D eigenvalue weighted by molar-refractivity contribution is -0.130. The Labute approximate surface area is 168 Å². The molecule has 0 aromatic heterocycles. The Kier molecular flexibility index (Phi) is 6.11. The fourth-order valence-electron chi connectivity index (χ4n) is 3.95. The van der Waals surface area contributed by atoms with Crippen LogP contribution in [0.1, 0.15) is 65.2 Å². The number of ketones is 1. The van der Waals surface area contributed by atoms with Crippen LogP contribution in [0, 0.1) is 18.7 Å². The maximum atomic E-state index is 13.8. The summed E-state index contributed by atoms with van der Waals surface area (Å²) in [4.78, 5) is 37.3. The first kappa shape index (κ1) is 20.7. The zero-order valence-electron chi connectivity index (χ0n) is 16.4. The van der Waals surface area contributed by atoms with Gasteiger partial charge in [-0.3, -0.25) is 9.59 Å². The number of aryl methyl sites for hydroxylation is 1. The normalized spacial score (nSPS) is 15.8. The SMILES string of the molecule is CC(=O)C(C(=O)N[C@H](c1cccc(F)c1)C1CCC1)c1cccc(C)c1C(=O)O. The van der Waals surface area contributed by atoms with Gasteiger partial charge in [-0.05, 0) is 61.4 Å². The summed E-state index contributed by atoms with van der Waals surface area (Å²) in [7, 11) is 0. The van der Waals surface area contributed by atoms with E-state index in [1.165, 1.54) is 25.1 Å². The second-order valence-corrected chi connectivity index (χ2v) is 7.62. The van der Waals surface area contributed by atoms with Crippen LogP contribution in [0.4, 0.5) is 4.39 Å². The average molecular weight is 397 g/mol. The first-order valence-electron chi connectivity index (χ1n) is 9.68. The van der Waals surface area contributed by atoms with Gasteiger partial charge in [0.25, 0.3) is 0 Å². The molecule has 0 radical (unpaired) electrons. The molecule has 0 bridgehead atoms. The van der Waals surface area contributed by atoms with Crippen molar-refractivity contribution < 1.29 is 23.9 Å². The van der Waals surface area contributed by atoms with E-state index in [-0.39, 0.29) is 17.0 Å². The summed E-state index contributed by atoms with van der Waals surface area (Å²) < 4.78 is 13.8. The fourth-order valence-corrected chi connectivity index (χ4v) is 3.95. The van der Waals surface area contributed by atoms with Crippen molar-refractivity contribution >= 4 is 17.7 Å². The topological polar surface area (TPSA) is 83.5 Å². The Morgan fingerprint density at radius 1 is 1.14 bits per heavy atom. The smallest absolute Gasteiger partial charge is 0.336 e. The number of Topliss-reactive ketones (excluding diaryl/α,β-unsaturated/α-hetero) is 1. The van der Waals surface area contributed by atoms with E-state index in [0.29, 0.717) is 11.1 Å². The summed E-state index contributed by atoms with van der Waals surface area (Å²) in [6.07, 6.45) is 2.83. The van der Waals surface area contributed by atoms with Gasteiger partial charge in [-0.1, -0.05) is 36.8 Å². The summed E-state index contributed by atoms with van der Waals surface area (Å²) >= 11 is 0.